The van der Waals surface area contributed by atoms with E-state index in [-0.39, 0.29) is 24.2 Å². The van der Waals surface area contributed by atoms with Gasteiger partial charge in [-0.3, -0.25) is 4.79 Å². The van der Waals surface area contributed by atoms with E-state index in [2.05, 4.69) is 0 Å². The average Bonchev–Trinajstić information content (AvgIpc) is 2.98. The fraction of sp³-hybridized carbons (Fsp3) is 0.923. The van der Waals surface area contributed by atoms with Crippen LogP contribution in [0.4, 0.5) is 4.39 Å². The van der Waals surface area contributed by atoms with E-state index in [4.69, 9.17) is 9.47 Å². The van der Waals surface area contributed by atoms with Gasteiger partial charge in [-0.25, -0.2) is 4.39 Å². The number of alkyl halides is 1. The number of nitrogens with zero attached hydrogens (tertiary/aromatic N) is 1. The Morgan fingerprint density at radius 3 is 2.89 bits per heavy atom. The van der Waals surface area contributed by atoms with Crippen LogP contribution in [0.25, 0.3) is 0 Å². The Bertz CT molecular complexity index is 345. The number of amides is 1. The zero-order chi connectivity index (χ0) is 12.8. The lowest BCUT2D eigenvalue weighted by Crippen LogP contribution is -2.48. The predicted octanol–water partition coefficient (Wildman–Crippen LogP) is 1.28. The second kappa shape index (κ2) is 4.46. The maximum absolute atomic E-state index is 13.8. The van der Waals surface area contributed by atoms with Crippen molar-refractivity contribution >= 4 is 5.91 Å². The minimum atomic E-state index is -1.54. The van der Waals surface area contributed by atoms with Gasteiger partial charge in [-0.1, -0.05) is 0 Å². The van der Waals surface area contributed by atoms with Crippen LogP contribution in [-0.2, 0) is 14.3 Å². The van der Waals surface area contributed by atoms with E-state index in [1.165, 1.54) is 0 Å². The maximum atomic E-state index is 13.8. The van der Waals surface area contributed by atoms with Gasteiger partial charge < -0.3 is 14.4 Å². The van der Waals surface area contributed by atoms with Crippen molar-refractivity contribution in [1.82, 2.24) is 4.90 Å². The number of hydrogen-bond donors (Lipinski definition) is 0. The third kappa shape index (κ3) is 2.03. The van der Waals surface area contributed by atoms with E-state index in [0.717, 1.165) is 19.3 Å². The van der Waals surface area contributed by atoms with E-state index < -0.39 is 5.67 Å². The van der Waals surface area contributed by atoms with Crippen LogP contribution in [0.15, 0.2) is 0 Å². The molecule has 3 rings (SSSR count). The molecule has 0 aromatic carbocycles. The van der Waals surface area contributed by atoms with Crippen LogP contribution in [0, 0.1) is 0 Å². The standard InChI is InChI=1S/C13H20FNO3/c1-17-8-9-2-3-10-11(18-9)4-7-15(10)12(16)13(14)5-6-13/h9-11H,2-8H2,1H3/t9-,10-,11-/m1/s1. The van der Waals surface area contributed by atoms with Crippen molar-refractivity contribution < 1.29 is 18.7 Å². The summed E-state index contributed by atoms with van der Waals surface area (Å²) in [4.78, 5) is 13.8. The average molecular weight is 257 g/mol. The second-order valence-electron chi connectivity index (χ2n) is 5.65. The van der Waals surface area contributed by atoms with Crippen molar-refractivity contribution in [2.75, 3.05) is 20.3 Å². The summed E-state index contributed by atoms with van der Waals surface area (Å²) in [6.07, 6.45) is 3.61. The second-order valence-corrected chi connectivity index (χ2v) is 5.65. The van der Waals surface area contributed by atoms with Gasteiger partial charge in [0.15, 0.2) is 5.67 Å². The Kier molecular flexibility index (Phi) is 3.06. The molecule has 3 aliphatic rings. The van der Waals surface area contributed by atoms with E-state index in [1.807, 2.05) is 0 Å². The summed E-state index contributed by atoms with van der Waals surface area (Å²) in [6, 6.07) is 0.0823. The van der Waals surface area contributed by atoms with Crippen molar-refractivity contribution in [2.24, 2.45) is 0 Å². The highest BCUT2D eigenvalue weighted by Gasteiger charge is 2.56. The number of rotatable bonds is 3. The molecule has 0 aromatic heterocycles. The third-order valence-corrected chi connectivity index (χ3v) is 4.32. The van der Waals surface area contributed by atoms with Crippen LogP contribution in [0.5, 0.6) is 0 Å². The van der Waals surface area contributed by atoms with E-state index in [0.29, 0.717) is 26.0 Å². The summed E-state index contributed by atoms with van der Waals surface area (Å²) in [5, 5.41) is 0. The first-order chi connectivity index (χ1) is 8.64. The number of carbonyl (C=O) groups excluding carboxylic acids is 1. The SMILES string of the molecule is COC[C@H]1CC[C@@H]2[C@@H](CCN2C(=O)C2(F)CC2)O1. The Hall–Kier alpha value is -0.680. The van der Waals surface area contributed by atoms with Gasteiger partial charge in [0.1, 0.15) is 0 Å². The molecule has 3 fully saturated rings. The van der Waals surface area contributed by atoms with Crippen molar-refractivity contribution in [3.8, 4) is 0 Å². The van der Waals surface area contributed by atoms with Crippen LogP contribution in [0.3, 0.4) is 0 Å². The van der Waals surface area contributed by atoms with Gasteiger partial charge >= 0.3 is 0 Å². The van der Waals surface area contributed by atoms with E-state index in [1.54, 1.807) is 12.0 Å². The summed E-state index contributed by atoms with van der Waals surface area (Å²) in [5.41, 5.74) is -1.54. The Morgan fingerprint density at radius 2 is 2.22 bits per heavy atom. The Labute approximate surface area is 106 Å². The van der Waals surface area contributed by atoms with Gasteiger partial charge in [-0.15, -0.1) is 0 Å². The molecule has 4 nitrogen and oxygen atoms in total. The summed E-state index contributed by atoms with van der Waals surface area (Å²) >= 11 is 0. The molecule has 0 bridgehead atoms. The molecule has 1 amide bonds. The largest absolute Gasteiger partial charge is 0.382 e. The minimum Gasteiger partial charge on any atom is -0.382 e. The molecule has 1 aliphatic carbocycles. The predicted molar refractivity (Wildman–Crippen MR) is 63.0 cm³/mol. The number of carbonyl (C=O) groups is 1. The Balaban J connectivity index is 1.63. The first-order valence-electron chi connectivity index (χ1n) is 6.78. The first kappa shape index (κ1) is 12.4. The van der Waals surface area contributed by atoms with Crippen LogP contribution >= 0.6 is 0 Å². The highest BCUT2D eigenvalue weighted by atomic mass is 19.1. The number of ether oxygens (including phenoxy) is 2. The number of hydrogen-bond acceptors (Lipinski definition) is 3. The normalized spacial score (nSPS) is 37.4. The van der Waals surface area contributed by atoms with Crippen LogP contribution in [-0.4, -0.2) is 55.0 Å². The number of fused-ring (bicyclic) bond motifs is 1. The molecule has 0 N–H and O–H groups in total. The van der Waals surface area contributed by atoms with Crippen molar-refractivity contribution in [3.63, 3.8) is 0 Å². The molecule has 2 aliphatic heterocycles. The minimum absolute atomic E-state index is 0.0743. The smallest absolute Gasteiger partial charge is 0.260 e. The maximum Gasteiger partial charge on any atom is 0.260 e. The van der Waals surface area contributed by atoms with Gasteiger partial charge in [0.05, 0.1) is 24.9 Å². The topological polar surface area (TPSA) is 38.8 Å². The number of likely N-dealkylation sites (tertiary alicyclic amines) is 1. The molecule has 102 valence electrons. The van der Waals surface area contributed by atoms with Gasteiger partial charge in [0.25, 0.3) is 5.91 Å². The van der Waals surface area contributed by atoms with Gasteiger partial charge in [0.2, 0.25) is 0 Å². The first-order valence-corrected chi connectivity index (χ1v) is 6.78. The molecule has 0 aromatic rings. The Morgan fingerprint density at radius 1 is 1.44 bits per heavy atom. The fourth-order valence-corrected chi connectivity index (χ4v) is 3.14. The summed E-state index contributed by atoms with van der Waals surface area (Å²) in [5.74, 6) is -0.302. The highest BCUT2D eigenvalue weighted by molar-refractivity contribution is 5.88. The van der Waals surface area contributed by atoms with Crippen molar-refractivity contribution in [2.45, 2.75) is 56.0 Å². The summed E-state index contributed by atoms with van der Waals surface area (Å²) < 4.78 is 24.9. The molecule has 5 heteroatoms. The monoisotopic (exact) mass is 257 g/mol. The molecule has 0 spiro atoms. The highest BCUT2D eigenvalue weighted by Crippen LogP contribution is 2.44. The lowest BCUT2D eigenvalue weighted by atomic mass is 9.99. The molecule has 18 heavy (non-hydrogen) atoms. The van der Waals surface area contributed by atoms with Crippen LogP contribution in [0.1, 0.15) is 32.1 Å². The molecule has 2 saturated heterocycles. The number of halogens is 1. The van der Waals surface area contributed by atoms with Crippen LogP contribution < -0.4 is 0 Å². The lowest BCUT2D eigenvalue weighted by molar-refractivity contribution is -0.145. The fourth-order valence-electron chi connectivity index (χ4n) is 3.14. The van der Waals surface area contributed by atoms with Gasteiger partial charge in [-0.2, -0.15) is 0 Å². The lowest BCUT2D eigenvalue weighted by Gasteiger charge is -2.36. The zero-order valence-electron chi connectivity index (χ0n) is 10.7. The molecular weight excluding hydrogens is 237 g/mol. The molecule has 3 atom stereocenters. The van der Waals surface area contributed by atoms with Gasteiger partial charge in [-0.05, 0) is 32.1 Å². The molecule has 2 heterocycles. The van der Waals surface area contributed by atoms with E-state index >= 15 is 0 Å². The van der Waals surface area contributed by atoms with Crippen LogP contribution in [0.2, 0.25) is 0 Å². The molecular formula is C13H20FNO3. The van der Waals surface area contributed by atoms with Crippen molar-refractivity contribution in [3.05, 3.63) is 0 Å². The molecule has 0 radical (unpaired) electrons. The summed E-state index contributed by atoms with van der Waals surface area (Å²) in [7, 11) is 1.67. The third-order valence-electron chi connectivity index (χ3n) is 4.32. The quantitative estimate of drug-likeness (QED) is 0.764. The zero-order valence-corrected chi connectivity index (χ0v) is 10.7. The molecule has 1 saturated carbocycles. The van der Waals surface area contributed by atoms with Crippen molar-refractivity contribution in [1.29, 1.82) is 0 Å². The molecule has 0 unspecified atom stereocenters. The number of methoxy groups -OCH3 is 1. The summed E-state index contributed by atoms with van der Waals surface area (Å²) in [6.45, 7) is 1.24. The van der Waals surface area contributed by atoms with E-state index in [9.17, 15) is 9.18 Å². The van der Waals surface area contributed by atoms with Gasteiger partial charge in [0, 0.05) is 13.7 Å².